The van der Waals surface area contributed by atoms with Crippen LogP contribution in [0.15, 0.2) is 29.3 Å². The van der Waals surface area contributed by atoms with Crippen molar-refractivity contribution in [2.45, 2.75) is 33.4 Å². The summed E-state index contributed by atoms with van der Waals surface area (Å²) in [5.41, 5.74) is 2.11. The van der Waals surface area contributed by atoms with Crippen molar-refractivity contribution in [1.82, 2.24) is 15.6 Å². The summed E-state index contributed by atoms with van der Waals surface area (Å²) < 4.78 is 5.59. The quantitative estimate of drug-likeness (QED) is 0.565. The van der Waals surface area contributed by atoms with Crippen LogP contribution in [-0.2, 0) is 11.3 Å². The highest BCUT2D eigenvalue weighted by Gasteiger charge is 2.12. The number of nitrogens with zero attached hydrogens (tertiary/aromatic N) is 2. The van der Waals surface area contributed by atoms with Crippen molar-refractivity contribution >= 4 is 28.9 Å². The summed E-state index contributed by atoms with van der Waals surface area (Å²) in [5.74, 6) is 0.747. The van der Waals surface area contributed by atoms with Gasteiger partial charge < -0.3 is 15.4 Å². The molecule has 1 aromatic carbocycles. The second kappa shape index (κ2) is 9.75. The molecule has 2 aromatic rings. The molecule has 136 valence electrons. The van der Waals surface area contributed by atoms with E-state index < -0.39 is 0 Å². The maximum absolute atomic E-state index is 6.07. The Hall–Kier alpha value is -1.63. The van der Waals surface area contributed by atoms with Gasteiger partial charge >= 0.3 is 0 Å². The molecule has 5 nitrogen and oxygen atoms in total. The molecule has 0 fully saturated rings. The van der Waals surface area contributed by atoms with Crippen LogP contribution < -0.4 is 10.6 Å². The molecule has 1 aromatic heterocycles. The Morgan fingerprint density at radius 2 is 2.16 bits per heavy atom. The fraction of sp³-hybridized carbons (Fsp3) is 0.444. The Labute approximate surface area is 158 Å². The lowest BCUT2D eigenvalue weighted by Crippen LogP contribution is -2.39. The Morgan fingerprint density at radius 1 is 1.36 bits per heavy atom. The van der Waals surface area contributed by atoms with E-state index in [1.807, 2.05) is 38.1 Å². The number of methoxy groups -OCH3 is 1. The zero-order valence-corrected chi connectivity index (χ0v) is 16.7. The van der Waals surface area contributed by atoms with Gasteiger partial charge in [0.2, 0.25) is 0 Å². The predicted octanol–water partition coefficient (Wildman–Crippen LogP) is 3.86. The van der Waals surface area contributed by atoms with Crippen LogP contribution >= 0.6 is 22.9 Å². The van der Waals surface area contributed by atoms with Crippen LogP contribution in [0.1, 0.15) is 34.2 Å². The van der Waals surface area contributed by atoms with Crippen LogP contribution in [-0.4, -0.2) is 31.1 Å². The van der Waals surface area contributed by atoms with E-state index in [2.05, 4.69) is 27.5 Å². The van der Waals surface area contributed by atoms with Crippen molar-refractivity contribution < 1.29 is 4.74 Å². The number of ether oxygens (including phenoxy) is 1. The van der Waals surface area contributed by atoms with Gasteiger partial charge in [-0.15, -0.1) is 11.3 Å². The molecule has 1 heterocycles. The highest BCUT2D eigenvalue weighted by atomic mass is 35.5. The Morgan fingerprint density at radius 3 is 2.76 bits per heavy atom. The molecule has 0 amide bonds. The van der Waals surface area contributed by atoms with Gasteiger partial charge in [-0.05, 0) is 38.5 Å². The predicted molar refractivity (Wildman–Crippen MR) is 106 cm³/mol. The minimum atomic E-state index is -0.105. The molecule has 0 saturated carbocycles. The highest BCUT2D eigenvalue weighted by Crippen LogP contribution is 2.20. The number of thiazole rings is 1. The van der Waals surface area contributed by atoms with Crippen LogP contribution in [0.2, 0.25) is 5.02 Å². The molecule has 7 heteroatoms. The monoisotopic (exact) mass is 380 g/mol. The van der Waals surface area contributed by atoms with Gasteiger partial charge in [-0.25, -0.2) is 9.98 Å². The summed E-state index contributed by atoms with van der Waals surface area (Å²) >= 11 is 7.76. The number of halogens is 1. The van der Waals surface area contributed by atoms with Gasteiger partial charge in [0, 0.05) is 30.1 Å². The Kier molecular flexibility index (Phi) is 7.68. The maximum atomic E-state index is 6.07. The van der Waals surface area contributed by atoms with Crippen molar-refractivity contribution in [2.75, 3.05) is 20.2 Å². The number of aryl methyl sites for hydroxylation is 2. The third-order valence-corrected chi connectivity index (χ3v) is 5.04. The molecule has 0 aliphatic heterocycles. The minimum absolute atomic E-state index is 0.105. The molecule has 1 unspecified atom stereocenters. The first kappa shape index (κ1) is 19.7. The number of hydrogen-bond acceptors (Lipinski definition) is 4. The maximum Gasteiger partial charge on any atom is 0.191 e. The van der Waals surface area contributed by atoms with E-state index in [1.165, 1.54) is 4.88 Å². The second-order valence-electron chi connectivity index (χ2n) is 5.60. The number of nitrogens with one attached hydrogen (secondary N) is 2. The van der Waals surface area contributed by atoms with Crippen LogP contribution in [0, 0.1) is 13.8 Å². The normalized spacial score (nSPS) is 12.9. The SMILES string of the molecule is CCNC(=NCc1nc(C)c(C)s1)NCC(OC)c1cccc(Cl)c1. The summed E-state index contributed by atoms with van der Waals surface area (Å²) in [5, 5.41) is 8.30. The number of aliphatic imine (C=N–C) groups is 1. The van der Waals surface area contributed by atoms with Gasteiger partial charge in [-0.2, -0.15) is 0 Å². The molecule has 2 N–H and O–H groups in total. The lowest BCUT2D eigenvalue weighted by atomic mass is 10.1. The van der Waals surface area contributed by atoms with Crippen molar-refractivity contribution in [3.63, 3.8) is 0 Å². The molecule has 2 rings (SSSR count). The zero-order chi connectivity index (χ0) is 18.2. The molecule has 0 spiro atoms. The van der Waals surface area contributed by atoms with Gasteiger partial charge in [0.05, 0.1) is 18.3 Å². The third-order valence-electron chi connectivity index (χ3n) is 3.75. The first-order valence-corrected chi connectivity index (χ1v) is 9.46. The Bertz CT molecular complexity index is 697. The smallest absolute Gasteiger partial charge is 0.191 e. The average molecular weight is 381 g/mol. The molecular weight excluding hydrogens is 356 g/mol. The molecule has 0 aliphatic carbocycles. The summed E-state index contributed by atoms with van der Waals surface area (Å²) in [6.07, 6.45) is -0.105. The first-order chi connectivity index (χ1) is 12.0. The van der Waals surface area contributed by atoms with Crippen molar-refractivity contribution in [1.29, 1.82) is 0 Å². The van der Waals surface area contributed by atoms with Crippen LogP contribution in [0.3, 0.4) is 0 Å². The lowest BCUT2D eigenvalue weighted by molar-refractivity contribution is 0.106. The van der Waals surface area contributed by atoms with Gasteiger partial charge in [-0.3, -0.25) is 0 Å². The number of hydrogen-bond donors (Lipinski definition) is 2. The summed E-state index contributed by atoms with van der Waals surface area (Å²) in [6.45, 7) is 8.09. The van der Waals surface area contributed by atoms with E-state index in [9.17, 15) is 0 Å². The van der Waals surface area contributed by atoms with Gasteiger partial charge in [0.1, 0.15) is 5.01 Å². The van der Waals surface area contributed by atoms with Crippen LogP contribution in [0.5, 0.6) is 0 Å². The topological polar surface area (TPSA) is 58.5 Å². The first-order valence-electron chi connectivity index (χ1n) is 8.26. The molecule has 0 radical (unpaired) electrons. The van der Waals surface area contributed by atoms with Gasteiger partial charge in [0.15, 0.2) is 5.96 Å². The third kappa shape index (κ3) is 5.99. The molecule has 0 aliphatic rings. The number of guanidine groups is 1. The molecule has 0 saturated heterocycles. The van der Waals surface area contributed by atoms with Crippen LogP contribution in [0.4, 0.5) is 0 Å². The lowest BCUT2D eigenvalue weighted by Gasteiger charge is -2.18. The van der Waals surface area contributed by atoms with E-state index in [4.69, 9.17) is 16.3 Å². The fourth-order valence-electron chi connectivity index (χ4n) is 2.33. The van der Waals surface area contributed by atoms with E-state index in [1.54, 1.807) is 18.4 Å². The molecule has 1 atom stereocenters. The average Bonchev–Trinajstić information content (AvgIpc) is 2.91. The molecule has 25 heavy (non-hydrogen) atoms. The van der Waals surface area contributed by atoms with E-state index >= 15 is 0 Å². The zero-order valence-electron chi connectivity index (χ0n) is 15.1. The number of aromatic nitrogens is 1. The number of benzene rings is 1. The number of rotatable bonds is 7. The van der Waals surface area contributed by atoms with Crippen LogP contribution in [0.25, 0.3) is 0 Å². The van der Waals surface area contributed by atoms with Crippen molar-refractivity contribution in [3.05, 3.63) is 50.4 Å². The largest absolute Gasteiger partial charge is 0.375 e. The van der Waals surface area contributed by atoms with E-state index in [0.29, 0.717) is 18.1 Å². The molecule has 0 bridgehead atoms. The van der Waals surface area contributed by atoms with E-state index in [-0.39, 0.29) is 6.10 Å². The van der Waals surface area contributed by atoms with Gasteiger partial charge in [0.25, 0.3) is 0 Å². The highest BCUT2D eigenvalue weighted by molar-refractivity contribution is 7.11. The fourth-order valence-corrected chi connectivity index (χ4v) is 3.39. The van der Waals surface area contributed by atoms with Gasteiger partial charge in [-0.1, -0.05) is 23.7 Å². The standard InChI is InChI=1S/C18H25ClN4OS/c1-5-20-18(22-11-17-23-12(2)13(3)25-17)21-10-16(24-4)14-7-6-8-15(19)9-14/h6-9,16H,5,10-11H2,1-4H3,(H2,20,21,22). The summed E-state index contributed by atoms with van der Waals surface area (Å²) in [6, 6.07) is 7.71. The Balaban J connectivity index is 2.00. The summed E-state index contributed by atoms with van der Waals surface area (Å²) in [7, 11) is 1.69. The minimum Gasteiger partial charge on any atom is -0.375 e. The molecular formula is C18H25ClN4OS. The summed E-state index contributed by atoms with van der Waals surface area (Å²) in [4.78, 5) is 10.4. The van der Waals surface area contributed by atoms with Crippen molar-refractivity contribution in [3.8, 4) is 0 Å². The second-order valence-corrected chi connectivity index (χ2v) is 7.33. The van der Waals surface area contributed by atoms with Crippen molar-refractivity contribution in [2.24, 2.45) is 4.99 Å². The van der Waals surface area contributed by atoms with E-state index in [0.717, 1.165) is 28.8 Å².